The maximum atomic E-state index is 12.6. The SMILES string of the molecule is COCCC(N)COc1ccc(F)cc1. The van der Waals surface area contributed by atoms with E-state index in [2.05, 4.69) is 0 Å². The van der Waals surface area contributed by atoms with Crippen molar-refractivity contribution in [1.29, 1.82) is 0 Å². The molecule has 0 fully saturated rings. The van der Waals surface area contributed by atoms with Crippen molar-refractivity contribution in [3.8, 4) is 5.75 Å². The van der Waals surface area contributed by atoms with Gasteiger partial charge in [0.05, 0.1) is 0 Å². The third kappa shape index (κ3) is 4.76. The Bertz CT molecular complexity index is 276. The molecule has 1 unspecified atom stereocenters. The maximum Gasteiger partial charge on any atom is 0.123 e. The van der Waals surface area contributed by atoms with Crippen molar-refractivity contribution < 1.29 is 13.9 Å². The molecule has 0 aliphatic heterocycles. The highest BCUT2D eigenvalue weighted by atomic mass is 19.1. The van der Waals surface area contributed by atoms with Crippen molar-refractivity contribution in [1.82, 2.24) is 0 Å². The Morgan fingerprint density at radius 2 is 2.00 bits per heavy atom. The molecule has 0 aliphatic rings. The van der Waals surface area contributed by atoms with Gasteiger partial charge in [-0.05, 0) is 30.7 Å². The number of rotatable bonds is 6. The molecule has 0 aromatic heterocycles. The Hall–Kier alpha value is -1.13. The normalized spacial score (nSPS) is 12.5. The summed E-state index contributed by atoms with van der Waals surface area (Å²) in [6, 6.07) is 5.82. The van der Waals surface area contributed by atoms with E-state index in [4.69, 9.17) is 15.2 Å². The van der Waals surface area contributed by atoms with E-state index in [1.165, 1.54) is 12.1 Å². The van der Waals surface area contributed by atoms with Gasteiger partial charge >= 0.3 is 0 Å². The van der Waals surface area contributed by atoms with Crippen LogP contribution in [0.25, 0.3) is 0 Å². The topological polar surface area (TPSA) is 44.5 Å². The Morgan fingerprint density at radius 3 is 2.60 bits per heavy atom. The summed E-state index contributed by atoms with van der Waals surface area (Å²) >= 11 is 0. The van der Waals surface area contributed by atoms with Crippen LogP contribution in [-0.4, -0.2) is 26.4 Å². The van der Waals surface area contributed by atoms with Crippen LogP contribution in [0.4, 0.5) is 4.39 Å². The van der Waals surface area contributed by atoms with Crippen molar-refractivity contribution in [2.75, 3.05) is 20.3 Å². The van der Waals surface area contributed by atoms with E-state index in [0.717, 1.165) is 6.42 Å². The molecule has 0 bridgehead atoms. The smallest absolute Gasteiger partial charge is 0.123 e. The quantitative estimate of drug-likeness (QED) is 0.780. The zero-order valence-electron chi connectivity index (χ0n) is 8.78. The van der Waals surface area contributed by atoms with E-state index < -0.39 is 0 Å². The number of hydrogen-bond acceptors (Lipinski definition) is 3. The van der Waals surface area contributed by atoms with Gasteiger partial charge in [0.2, 0.25) is 0 Å². The lowest BCUT2D eigenvalue weighted by Gasteiger charge is -2.12. The number of hydrogen-bond donors (Lipinski definition) is 1. The number of nitrogens with two attached hydrogens (primary N) is 1. The molecule has 4 heteroatoms. The highest BCUT2D eigenvalue weighted by Crippen LogP contribution is 2.11. The minimum atomic E-state index is -0.272. The van der Waals surface area contributed by atoms with Crippen LogP contribution in [0.2, 0.25) is 0 Å². The van der Waals surface area contributed by atoms with Gasteiger partial charge in [-0.2, -0.15) is 0 Å². The highest BCUT2D eigenvalue weighted by Gasteiger charge is 2.03. The van der Waals surface area contributed by atoms with Gasteiger partial charge in [0.15, 0.2) is 0 Å². The molecule has 0 radical (unpaired) electrons. The van der Waals surface area contributed by atoms with E-state index in [-0.39, 0.29) is 11.9 Å². The van der Waals surface area contributed by atoms with Gasteiger partial charge in [-0.15, -0.1) is 0 Å². The maximum absolute atomic E-state index is 12.6. The Labute approximate surface area is 89.0 Å². The Morgan fingerprint density at radius 1 is 1.33 bits per heavy atom. The van der Waals surface area contributed by atoms with Crippen LogP contribution >= 0.6 is 0 Å². The summed E-state index contributed by atoms with van der Waals surface area (Å²) in [5, 5.41) is 0. The van der Waals surface area contributed by atoms with Crippen LogP contribution in [-0.2, 0) is 4.74 Å². The van der Waals surface area contributed by atoms with Crippen LogP contribution in [0, 0.1) is 5.82 Å². The number of methoxy groups -OCH3 is 1. The van der Waals surface area contributed by atoms with E-state index in [1.807, 2.05) is 0 Å². The first kappa shape index (κ1) is 11.9. The molecule has 0 amide bonds. The highest BCUT2D eigenvalue weighted by molar-refractivity contribution is 5.22. The van der Waals surface area contributed by atoms with Crippen LogP contribution in [0.3, 0.4) is 0 Å². The Kier molecular flexibility index (Phi) is 5.07. The first-order chi connectivity index (χ1) is 7.22. The zero-order valence-corrected chi connectivity index (χ0v) is 8.78. The van der Waals surface area contributed by atoms with Gasteiger partial charge in [-0.3, -0.25) is 0 Å². The molecular formula is C11H16FNO2. The summed E-state index contributed by atoms with van der Waals surface area (Å²) in [6.07, 6.45) is 0.748. The average Bonchev–Trinajstić information content (AvgIpc) is 2.25. The van der Waals surface area contributed by atoms with E-state index >= 15 is 0 Å². The lowest BCUT2D eigenvalue weighted by atomic mass is 10.2. The van der Waals surface area contributed by atoms with E-state index in [9.17, 15) is 4.39 Å². The van der Waals surface area contributed by atoms with Gasteiger partial charge in [0.25, 0.3) is 0 Å². The molecule has 1 rings (SSSR count). The standard InChI is InChI=1S/C11H16FNO2/c1-14-7-6-10(13)8-15-11-4-2-9(12)3-5-11/h2-5,10H,6-8,13H2,1H3. The van der Waals surface area contributed by atoms with Gasteiger partial charge in [0.1, 0.15) is 18.2 Å². The van der Waals surface area contributed by atoms with Gasteiger partial charge in [-0.1, -0.05) is 0 Å². The summed E-state index contributed by atoms with van der Waals surface area (Å²) in [4.78, 5) is 0. The van der Waals surface area contributed by atoms with E-state index in [1.54, 1.807) is 19.2 Å². The number of halogens is 1. The van der Waals surface area contributed by atoms with Crippen molar-refractivity contribution in [3.63, 3.8) is 0 Å². The fraction of sp³-hybridized carbons (Fsp3) is 0.455. The first-order valence-corrected chi connectivity index (χ1v) is 4.85. The molecule has 0 saturated carbocycles. The second kappa shape index (κ2) is 6.37. The predicted octanol–water partition coefficient (Wildman–Crippen LogP) is 1.57. The molecule has 84 valence electrons. The molecule has 15 heavy (non-hydrogen) atoms. The molecule has 2 N–H and O–H groups in total. The van der Waals surface area contributed by atoms with Crippen molar-refractivity contribution >= 4 is 0 Å². The fourth-order valence-corrected chi connectivity index (χ4v) is 1.09. The van der Waals surface area contributed by atoms with Crippen LogP contribution < -0.4 is 10.5 Å². The van der Waals surface area contributed by atoms with Crippen LogP contribution in [0.5, 0.6) is 5.75 Å². The van der Waals surface area contributed by atoms with Crippen molar-refractivity contribution in [2.24, 2.45) is 5.73 Å². The minimum absolute atomic E-state index is 0.0602. The number of ether oxygens (including phenoxy) is 2. The van der Waals surface area contributed by atoms with Crippen molar-refractivity contribution in [3.05, 3.63) is 30.1 Å². The molecule has 1 aromatic carbocycles. The second-order valence-electron chi connectivity index (χ2n) is 3.31. The number of benzene rings is 1. The molecule has 1 aromatic rings. The first-order valence-electron chi connectivity index (χ1n) is 4.85. The lowest BCUT2D eigenvalue weighted by Crippen LogP contribution is -2.29. The lowest BCUT2D eigenvalue weighted by molar-refractivity contribution is 0.175. The summed E-state index contributed by atoms with van der Waals surface area (Å²) in [5.74, 6) is 0.357. The van der Waals surface area contributed by atoms with E-state index in [0.29, 0.717) is 19.0 Å². The van der Waals surface area contributed by atoms with Crippen LogP contribution in [0.15, 0.2) is 24.3 Å². The molecular weight excluding hydrogens is 197 g/mol. The van der Waals surface area contributed by atoms with Gasteiger partial charge in [0, 0.05) is 19.8 Å². The molecule has 1 atom stereocenters. The molecule has 0 heterocycles. The predicted molar refractivity (Wildman–Crippen MR) is 56.4 cm³/mol. The molecule has 0 spiro atoms. The fourth-order valence-electron chi connectivity index (χ4n) is 1.09. The summed E-state index contributed by atoms with van der Waals surface area (Å²) in [5.41, 5.74) is 5.76. The third-order valence-corrected chi connectivity index (χ3v) is 1.97. The summed E-state index contributed by atoms with van der Waals surface area (Å²) in [7, 11) is 1.63. The van der Waals surface area contributed by atoms with Gasteiger partial charge in [-0.25, -0.2) is 4.39 Å². The second-order valence-corrected chi connectivity index (χ2v) is 3.31. The zero-order chi connectivity index (χ0) is 11.1. The monoisotopic (exact) mass is 213 g/mol. The third-order valence-electron chi connectivity index (χ3n) is 1.97. The van der Waals surface area contributed by atoms with Crippen molar-refractivity contribution in [2.45, 2.75) is 12.5 Å². The minimum Gasteiger partial charge on any atom is -0.492 e. The average molecular weight is 213 g/mol. The molecule has 3 nitrogen and oxygen atoms in total. The Balaban J connectivity index is 2.27. The molecule has 0 aliphatic carbocycles. The summed E-state index contributed by atoms with van der Waals surface area (Å²) in [6.45, 7) is 1.03. The van der Waals surface area contributed by atoms with Crippen LogP contribution in [0.1, 0.15) is 6.42 Å². The van der Waals surface area contributed by atoms with Gasteiger partial charge < -0.3 is 15.2 Å². The molecule has 0 saturated heterocycles. The summed E-state index contributed by atoms with van der Waals surface area (Å²) < 4.78 is 22.8. The largest absolute Gasteiger partial charge is 0.492 e.